The molecule has 2 aromatic carbocycles. The van der Waals surface area contributed by atoms with Gasteiger partial charge in [0.25, 0.3) is 0 Å². The second kappa shape index (κ2) is 5.14. The molecule has 1 aliphatic heterocycles. The van der Waals surface area contributed by atoms with E-state index in [0.29, 0.717) is 12.1 Å². The highest BCUT2D eigenvalue weighted by molar-refractivity contribution is 9.10. The Hall–Kier alpha value is -1.06. The van der Waals surface area contributed by atoms with Gasteiger partial charge in [-0.25, -0.2) is 0 Å². The van der Waals surface area contributed by atoms with Crippen LogP contribution in [0.25, 0.3) is 10.8 Å². The summed E-state index contributed by atoms with van der Waals surface area (Å²) in [5.74, 6) is 0. The zero-order valence-electron chi connectivity index (χ0n) is 11.4. The van der Waals surface area contributed by atoms with Crippen molar-refractivity contribution in [1.29, 1.82) is 0 Å². The van der Waals surface area contributed by atoms with Crippen molar-refractivity contribution in [2.45, 2.75) is 25.9 Å². The molecule has 1 heterocycles. The smallest absolute Gasteiger partial charge is 0.0387 e. The number of halogens is 1. The van der Waals surface area contributed by atoms with E-state index in [9.17, 15) is 0 Å². The third-order valence-corrected chi connectivity index (χ3v) is 4.38. The standard InChI is InChI=1S/C16H19BrN2/c1-11-10-19(12(2)9-18-11)16-6-4-13-7-15(17)5-3-14(13)8-16/h3-8,11-12,18H,9-10H2,1-2H3. The highest BCUT2D eigenvalue weighted by Gasteiger charge is 2.22. The Bertz CT molecular complexity index is 596. The Morgan fingerprint density at radius 2 is 1.84 bits per heavy atom. The summed E-state index contributed by atoms with van der Waals surface area (Å²) in [6, 6.07) is 14.3. The van der Waals surface area contributed by atoms with E-state index in [4.69, 9.17) is 0 Å². The number of fused-ring (bicyclic) bond motifs is 1. The lowest BCUT2D eigenvalue weighted by Crippen LogP contribution is -2.54. The number of hydrogen-bond acceptors (Lipinski definition) is 2. The van der Waals surface area contributed by atoms with Gasteiger partial charge in [0.05, 0.1) is 0 Å². The van der Waals surface area contributed by atoms with Crippen LogP contribution in [0.15, 0.2) is 40.9 Å². The molecule has 1 saturated heterocycles. The van der Waals surface area contributed by atoms with Gasteiger partial charge in [-0.05, 0) is 48.9 Å². The molecule has 0 aliphatic carbocycles. The molecule has 1 aliphatic rings. The highest BCUT2D eigenvalue weighted by Crippen LogP contribution is 2.27. The van der Waals surface area contributed by atoms with Crippen molar-refractivity contribution >= 4 is 32.4 Å². The monoisotopic (exact) mass is 318 g/mol. The van der Waals surface area contributed by atoms with E-state index in [1.165, 1.54) is 16.5 Å². The fraction of sp³-hybridized carbons (Fsp3) is 0.375. The number of piperazine rings is 1. The lowest BCUT2D eigenvalue weighted by atomic mass is 10.1. The SMILES string of the molecule is CC1CN(c2ccc3cc(Br)ccc3c2)C(C)CN1. The van der Waals surface area contributed by atoms with Gasteiger partial charge in [-0.3, -0.25) is 0 Å². The first-order valence-electron chi connectivity index (χ1n) is 6.83. The van der Waals surface area contributed by atoms with Gasteiger partial charge < -0.3 is 10.2 Å². The minimum Gasteiger partial charge on any atom is -0.366 e. The van der Waals surface area contributed by atoms with Crippen molar-refractivity contribution in [3.05, 3.63) is 40.9 Å². The molecule has 1 N–H and O–H groups in total. The molecule has 0 saturated carbocycles. The molecular weight excluding hydrogens is 300 g/mol. The van der Waals surface area contributed by atoms with Gasteiger partial charge in [0.1, 0.15) is 0 Å². The average molecular weight is 319 g/mol. The molecule has 2 aromatic rings. The van der Waals surface area contributed by atoms with Crippen molar-refractivity contribution in [1.82, 2.24) is 5.32 Å². The summed E-state index contributed by atoms with van der Waals surface area (Å²) in [4.78, 5) is 2.50. The van der Waals surface area contributed by atoms with E-state index in [-0.39, 0.29) is 0 Å². The molecule has 0 spiro atoms. The van der Waals surface area contributed by atoms with Crippen LogP contribution in [0.3, 0.4) is 0 Å². The quantitative estimate of drug-likeness (QED) is 0.860. The minimum absolute atomic E-state index is 0.545. The van der Waals surface area contributed by atoms with Crippen LogP contribution in [0.2, 0.25) is 0 Å². The van der Waals surface area contributed by atoms with Gasteiger partial charge in [-0.15, -0.1) is 0 Å². The zero-order valence-corrected chi connectivity index (χ0v) is 12.9. The summed E-state index contributed by atoms with van der Waals surface area (Å²) in [6.45, 7) is 6.66. The first-order chi connectivity index (χ1) is 9.13. The second-order valence-electron chi connectivity index (χ2n) is 5.49. The van der Waals surface area contributed by atoms with Crippen molar-refractivity contribution in [3.8, 4) is 0 Å². The molecule has 0 amide bonds. The molecule has 2 nitrogen and oxygen atoms in total. The number of anilines is 1. The van der Waals surface area contributed by atoms with Gasteiger partial charge in [-0.1, -0.05) is 28.1 Å². The Labute approximate surface area is 122 Å². The van der Waals surface area contributed by atoms with E-state index in [1.807, 2.05) is 0 Å². The molecule has 0 radical (unpaired) electrons. The second-order valence-corrected chi connectivity index (χ2v) is 6.40. The lowest BCUT2D eigenvalue weighted by molar-refractivity contribution is 0.425. The predicted octanol–water partition coefficient (Wildman–Crippen LogP) is 3.79. The maximum Gasteiger partial charge on any atom is 0.0387 e. The summed E-state index contributed by atoms with van der Waals surface area (Å²) in [6.07, 6.45) is 0. The number of nitrogens with one attached hydrogen (secondary N) is 1. The van der Waals surface area contributed by atoms with Crippen LogP contribution in [-0.4, -0.2) is 25.2 Å². The molecule has 3 heteroatoms. The molecule has 0 bridgehead atoms. The Morgan fingerprint density at radius 3 is 2.68 bits per heavy atom. The van der Waals surface area contributed by atoms with Gasteiger partial charge in [-0.2, -0.15) is 0 Å². The topological polar surface area (TPSA) is 15.3 Å². The Balaban J connectivity index is 1.98. The van der Waals surface area contributed by atoms with Crippen LogP contribution in [0.1, 0.15) is 13.8 Å². The van der Waals surface area contributed by atoms with Crippen LogP contribution < -0.4 is 10.2 Å². The fourth-order valence-electron chi connectivity index (χ4n) is 2.76. The van der Waals surface area contributed by atoms with Crippen molar-refractivity contribution in [3.63, 3.8) is 0 Å². The summed E-state index contributed by atoms with van der Waals surface area (Å²) < 4.78 is 1.14. The number of nitrogens with zero attached hydrogens (tertiary/aromatic N) is 1. The Morgan fingerprint density at radius 1 is 1.11 bits per heavy atom. The van der Waals surface area contributed by atoms with Crippen LogP contribution >= 0.6 is 15.9 Å². The van der Waals surface area contributed by atoms with E-state index in [2.05, 4.69) is 76.4 Å². The maximum absolute atomic E-state index is 3.53. The van der Waals surface area contributed by atoms with Gasteiger partial charge >= 0.3 is 0 Å². The first-order valence-corrected chi connectivity index (χ1v) is 7.62. The van der Waals surface area contributed by atoms with Gasteiger partial charge in [0.15, 0.2) is 0 Å². The van der Waals surface area contributed by atoms with Crippen molar-refractivity contribution < 1.29 is 0 Å². The van der Waals surface area contributed by atoms with E-state index in [1.54, 1.807) is 0 Å². The van der Waals surface area contributed by atoms with Crippen LogP contribution in [0.5, 0.6) is 0 Å². The molecule has 100 valence electrons. The average Bonchev–Trinajstić information content (AvgIpc) is 2.41. The third kappa shape index (κ3) is 2.63. The van der Waals surface area contributed by atoms with Crippen LogP contribution in [-0.2, 0) is 0 Å². The van der Waals surface area contributed by atoms with Gasteiger partial charge in [0.2, 0.25) is 0 Å². The predicted molar refractivity (Wildman–Crippen MR) is 85.9 cm³/mol. The van der Waals surface area contributed by atoms with Crippen LogP contribution in [0, 0.1) is 0 Å². The summed E-state index contributed by atoms with van der Waals surface area (Å²) in [5.41, 5.74) is 1.33. The Kier molecular flexibility index (Phi) is 3.50. The van der Waals surface area contributed by atoms with E-state index >= 15 is 0 Å². The molecular formula is C16H19BrN2. The van der Waals surface area contributed by atoms with Crippen LogP contribution in [0.4, 0.5) is 5.69 Å². The molecule has 3 rings (SSSR count). The third-order valence-electron chi connectivity index (χ3n) is 3.88. The van der Waals surface area contributed by atoms with E-state index < -0.39 is 0 Å². The minimum atomic E-state index is 0.545. The largest absolute Gasteiger partial charge is 0.366 e. The summed E-state index contributed by atoms with van der Waals surface area (Å²) in [7, 11) is 0. The first kappa shape index (κ1) is 12.9. The maximum atomic E-state index is 3.53. The molecule has 0 aromatic heterocycles. The fourth-order valence-corrected chi connectivity index (χ4v) is 3.14. The number of benzene rings is 2. The lowest BCUT2D eigenvalue weighted by Gasteiger charge is -2.39. The summed E-state index contributed by atoms with van der Waals surface area (Å²) in [5, 5.41) is 6.12. The zero-order chi connectivity index (χ0) is 13.4. The van der Waals surface area contributed by atoms with Crippen molar-refractivity contribution in [2.24, 2.45) is 0 Å². The van der Waals surface area contributed by atoms with Crippen molar-refractivity contribution in [2.75, 3.05) is 18.0 Å². The number of hydrogen-bond donors (Lipinski definition) is 1. The molecule has 2 atom stereocenters. The molecule has 2 unspecified atom stereocenters. The molecule has 1 fully saturated rings. The molecule has 19 heavy (non-hydrogen) atoms. The number of rotatable bonds is 1. The normalized spacial score (nSPS) is 23.8. The summed E-state index contributed by atoms with van der Waals surface area (Å²) >= 11 is 3.53. The van der Waals surface area contributed by atoms with E-state index in [0.717, 1.165) is 17.6 Å². The highest BCUT2D eigenvalue weighted by atomic mass is 79.9. The van der Waals surface area contributed by atoms with Gasteiger partial charge in [0, 0.05) is 35.3 Å².